The van der Waals surface area contributed by atoms with E-state index in [1.165, 1.54) is 30.4 Å². The van der Waals surface area contributed by atoms with Crippen molar-refractivity contribution in [2.75, 3.05) is 5.32 Å². The predicted molar refractivity (Wildman–Crippen MR) is 80.3 cm³/mol. The van der Waals surface area contributed by atoms with Crippen molar-refractivity contribution < 1.29 is 9.72 Å². The van der Waals surface area contributed by atoms with Crippen molar-refractivity contribution in [1.82, 2.24) is 4.98 Å². The number of nitrogens with zero attached hydrogens (tertiary/aromatic N) is 2. The zero-order chi connectivity index (χ0) is 14.7. The molecule has 2 aromatic rings. The summed E-state index contributed by atoms with van der Waals surface area (Å²) in [7, 11) is 0. The molecule has 6 nitrogen and oxygen atoms in total. The fourth-order valence-corrected chi connectivity index (χ4v) is 2.53. The molecule has 0 fully saturated rings. The van der Waals surface area contributed by atoms with E-state index in [0.29, 0.717) is 21.3 Å². The minimum Gasteiger partial charge on any atom is -0.302 e. The van der Waals surface area contributed by atoms with E-state index < -0.39 is 4.92 Å². The van der Waals surface area contributed by atoms with Gasteiger partial charge in [0.2, 0.25) is 5.91 Å². The van der Waals surface area contributed by atoms with Gasteiger partial charge in [0.25, 0.3) is 5.69 Å². The van der Waals surface area contributed by atoms with Crippen LogP contribution in [0.1, 0.15) is 18.2 Å². The molecular weight excluding hydrogens is 298 g/mol. The van der Waals surface area contributed by atoms with E-state index in [2.05, 4.69) is 10.3 Å². The number of aromatic nitrogens is 1. The Morgan fingerprint density at radius 3 is 2.60 bits per heavy atom. The second kappa shape index (κ2) is 5.85. The first-order valence-corrected chi connectivity index (χ1v) is 6.78. The second-order valence-electron chi connectivity index (χ2n) is 3.85. The van der Waals surface area contributed by atoms with E-state index in [1.807, 2.05) is 0 Å². The van der Waals surface area contributed by atoms with Crippen molar-refractivity contribution in [2.45, 2.75) is 6.92 Å². The van der Waals surface area contributed by atoms with Gasteiger partial charge >= 0.3 is 0 Å². The number of non-ortho nitro benzene ring substituents is 1. The summed E-state index contributed by atoms with van der Waals surface area (Å²) in [5, 5.41) is 15.4. The topological polar surface area (TPSA) is 85.1 Å². The van der Waals surface area contributed by atoms with E-state index >= 15 is 0 Å². The van der Waals surface area contributed by atoms with Crippen molar-refractivity contribution in [1.29, 1.82) is 0 Å². The molecule has 1 amide bonds. The Balaban J connectivity index is 2.20. The Morgan fingerprint density at radius 1 is 1.40 bits per heavy atom. The zero-order valence-electron chi connectivity index (χ0n) is 10.3. The number of rotatable bonds is 4. The van der Waals surface area contributed by atoms with Gasteiger partial charge in [0.15, 0.2) is 5.13 Å². The fourth-order valence-electron chi connectivity index (χ4n) is 1.47. The smallest absolute Gasteiger partial charge is 0.269 e. The molecule has 1 N–H and O–H groups in total. The molecule has 0 aliphatic rings. The summed E-state index contributed by atoms with van der Waals surface area (Å²) in [6.45, 7) is 1.40. The van der Waals surface area contributed by atoms with Crippen LogP contribution >= 0.6 is 23.6 Å². The first kappa shape index (κ1) is 14.2. The summed E-state index contributed by atoms with van der Waals surface area (Å²) in [5.41, 5.74) is 1.24. The van der Waals surface area contributed by atoms with Crippen LogP contribution in [0, 0.1) is 10.1 Å². The first-order chi connectivity index (χ1) is 9.47. The van der Waals surface area contributed by atoms with Gasteiger partial charge in [0.05, 0.1) is 15.5 Å². The van der Waals surface area contributed by atoms with Gasteiger partial charge in [-0.05, 0) is 17.7 Å². The van der Waals surface area contributed by atoms with Crippen molar-refractivity contribution in [3.05, 3.63) is 51.0 Å². The lowest BCUT2D eigenvalue weighted by atomic mass is 10.1. The monoisotopic (exact) mass is 307 g/mol. The van der Waals surface area contributed by atoms with E-state index in [4.69, 9.17) is 12.2 Å². The number of nitro benzene ring substituents is 1. The lowest BCUT2D eigenvalue weighted by Gasteiger charge is -2.00. The van der Waals surface area contributed by atoms with Crippen LogP contribution in [0.2, 0.25) is 0 Å². The molecule has 0 saturated heterocycles. The molecule has 0 unspecified atom stereocenters. The number of nitro groups is 1. The van der Waals surface area contributed by atoms with Crippen LogP contribution in [0.15, 0.2) is 29.6 Å². The summed E-state index contributed by atoms with van der Waals surface area (Å²) >= 11 is 6.55. The Labute approximate surface area is 123 Å². The number of carbonyl (C=O) groups excluding carboxylic acids is 1. The molecule has 0 spiro atoms. The third-order valence-electron chi connectivity index (χ3n) is 2.36. The molecule has 0 aliphatic carbocycles. The number of nitrogens with one attached hydrogen (secondary N) is 1. The Kier molecular flexibility index (Phi) is 4.16. The molecule has 20 heavy (non-hydrogen) atoms. The van der Waals surface area contributed by atoms with Crippen molar-refractivity contribution in [2.24, 2.45) is 0 Å². The largest absolute Gasteiger partial charge is 0.302 e. The van der Waals surface area contributed by atoms with Gasteiger partial charge in [0, 0.05) is 24.4 Å². The number of amides is 1. The number of thiazole rings is 1. The number of benzene rings is 1. The third kappa shape index (κ3) is 3.22. The highest BCUT2D eigenvalue weighted by molar-refractivity contribution is 7.81. The van der Waals surface area contributed by atoms with Crippen LogP contribution in [0.5, 0.6) is 0 Å². The molecule has 0 bridgehead atoms. The quantitative estimate of drug-likeness (QED) is 0.406. The van der Waals surface area contributed by atoms with Gasteiger partial charge < -0.3 is 5.32 Å². The standard InChI is InChI=1S/C12H9N3O3S2/c1-7(16)13-12-14-10(6-20-12)11(19)8-2-4-9(5-3-8)15(17)18/h2-6H,1H3,(H,13,14,16). The number of carbonyl (C=O) groups is 1. The number of anilines is 1. The molecule has 0 atom stereocenters. The molecule has 0 saturated carbocycles. The second-order valence-corrected chi connectivity index (χ2v) is 5.12. The van der Waals surface area contributed by atoms with Crippen molar-refractivity contribution in [3.8, 4) is 0 Å². The van der Waals surface area contributed by atoms with Gasteiger partial charge in [-0.1, -0.05) is 12.2 Å². The molecule has 1 aromatic heterocycles. The van der Waals surface area contributed by atoms with E-state index in [9.17, 15) is 14.9 Å². The van der Waals surface area contributed by atoms with Gasteiger partial charge in [0.1, 0.15) is 0 Å². The Hall–Kier alpha value is -2.19. The maximum Gasteiger partial charge on any atom is 0.269 e. The lowest BCUT2D eigenvalue weighted by Crippen LogP contribution is -2.06. The van der Waals surface area contributed by atoms with Crippen molar-refractivity contribution >= 4 is 45.1 Å². The molecular formula is C12H9N3O3S2. The molecule has 2 rings (SSSR count). The highest BCUT2D eigenvalue weighted by Crippen LogP contribution is 2.20. The normalized spacial score (nSPS) is 10.1. The predicted octanol–water partition coefficient (Wildman–Crippen LogP) is 2.78. The number of thiocarbonyl (C=S) groups is 1. The lowest BCUT2D eigenvalue weighted by molar-refractivity contribution is -0.384. The SMILES string of the molecule is CC(=O)Nc1nc(C(=S)c2ccc([N+](=O)[O-])cc2)cs1. The number of hydrogen-bond acceptors (Lipinski definition) is 6. The molecule has 102 valence electrons. The molecule has 8 heteroatoms. The van der Waals surface area contributed by atoms with Crippen LogP contribution in [0.25, 0.3) is 0 Å². The molecule has 1 aromatic carbocycles. The Bertz CT molecular complexity index is 680. The maximum absolute atomic E-state index is 10.9. The third-order valence-corrected chi connectivity index (χ3v) is 3.56. The maximum atomic E-state index is 10.9. The first-order valence-electron chi connectivity index (χ1n) is 5.49. The van der Waals surface area contributed by atoms with E-state index in [1.54, 1.807) is 17.5 Å². The van der Waals surface area contributed by atoms with Crippen molar-refractivity contribution in [3.63, 3.8) is 0 Å². The minimum atomic E-state index is -0.468. The summed E-state index contributed by atoms with van der Waals surface area (Å²) in [4.78, 5) is 25.7. The van der Waals surface area contributed by atoms with Crippen LogP contribution in [-0.4, -0.2) is 20.7 Å². The van der Waals surface area contributed by atoms with Gasteiger partial charge in [-0.3, -0.25) is 14.9 Å². The van der Waals surface area contributed by atoms with E-state index in [-0.39, 0.29) is 11.6 Å². The average molecular weight is 307 g/mol. The van der Waals surface area contributed by atoms with Gasteiger partial charge in [-0.2, -0.15) is 0 Å². The average Bonchev–Trinajstić information content (AvgIpc) is 2.85. The zero-order valence-corrected chi connectivity index (χ0v) is 12.0. The Morgan fingerprint density at radius 2 is 2.05 bits per heavy atom. The number of hydrogen-bond donors (Lipinski definition) is 1. The summed E-state index contributed by atoms with van der Waals surface area (Å²) in [6, 6.07) is 5.95. The minimum absolute atomic E-state index is 0.00811. The van der Waals surface area contributed by atoms with Crippen LogP contribution < -0.4 is 5.32 Å². The summed E-state index contributed by atoms with van der Waals surface area (Å²) < 4.78 is 0. The fraction of sp³-hybridized carbons (Fsp3) is 0.0833. The summed E-state index contributed by atoms with van der Waals surface area (Å²) in [6.07, 6.45) is 0. The van der Waals surface area contributed by atoms with Gasteiger partial charge in [-0.15, -0.1) is 11.3 Å². The van der Waals surface area contributed by atoms with E-state index in [0.717, 1.165) is 0 Å². The summed E-state index contributed by atoms with van der Waals surface area (Å²) in [5.74, 6) is -0.202. The van der Waals surface area contributed by atoms with Crippen LogP contribution in [0.3, 0.4) is 0 Å². The molecule has 0 aliphatic heterocycles. The molecule has 0 radical (unpaired) electrons. The highest BCUT2D eigenvalue weighted by Gasteiger charge is 2.12. The highest BCUT2D eigenvalue weighted by atomic mass is 32.1. The van der Waals surface area contributed by atoms with Crippen LogP contribution in [0.4, 0.5) is 10.8 Å². The van der Waals surface area contributed by atoms with Gasteiger partial charge in [-0.25, -0.2) is 4.98 Å². The molecule has 1 heterocycles. The van der Waals surface area contributed by atoms with Crippen LogP contribution in [-0.2, 0) is 4.79 Å².